The number of hydrogen-bond donors (Lipinski definition) is 2. The maximum Gasteiger partial charge on any atom is 0.434 e. The summed E-state index contributed by atoms with van der Waals surface area (Å²) >= 11 is 0. The molecule has 3 rings (SSSR count). The Hall–Kier alpha value is -3.55. The monoisotopic (exact) mass is 465 g/mol. The van der Waals surface area contributed by atoms with E-state index in [4.69, 9.17) is 4.74 Å². The van der Waals surface area contributed by atoms with Gasteiger partial charge in [-0.2, -0.15) is 13.2 Å². The third-order valence-corrected chi connectivity index (χ3v) is 4.63. The fourth-order valence-corrected chi connectivity index (χ4v) is 2.98. The maximum absolute atomic E-state index is 13.6. The molecule has 0 saturated heterocycles. The van der Waals surface area contributed by atoms with Gasteiger partial charge in [0.15, 0.2) is 5.69 Å². The van der Waals surface area contributed by atoms with Gasteiger partial charge in [-0.3, -0.25) is 19.0 Å². The highest BCUT2D eigenvalue weighted by molar-refractivity contribution is 6.02. The van der Waals surface area contributed by atoms with Gasteiger partial charge in [-0.05, 0) is 39.7 Å². The third kappa shape index (κ3) is 5.45. The molecule has 2 aromatic heterocycles. The molecule has 2 N–H and O–H groups in total. The molecule has 33 heavy (non-hydrogen) atoms. The van der Waals surface area contributed by atoms with Crippen molar-refractivity contribution in [3.8, 4) is 17.6 Å². The molecule has 0 aliphatic heterocycles. The molecule has 0 atom stereocenters. The number of fused-ring (bicyclic) bond motifs is 1. The van der Waals surface area contributed by atoms with Gasteiger partial charge in [0.05, 0.1) is 10.9 Å². The Morgan fingerprint density at radius 3 is 2.48 bits per heavy atom. The standard InChI is InChI=1S/C22H22F3N3O5/c1-21(2,3)33-14(29)10-26-19(31)15-16(30)13-9-12(8-7-11-5-6-11)17(22(23,24)25)27-18(13)28(4)20(15)32/h9,11,30H,5-6,10H2,1-4H3,(H,26,31). The number of alkyl halides is 3. The number of rotatable bonds is 3. The number of aromatic hydroxyl groups is 1. The van der Waals surface area contributed by atoms with Crippen LogP contribution in [0.4, 0.5) is 13.2 Å². The summed E-state index contributed by atoms with van der Waals surface area (Å²) in [5.41, 5.74) is -4.86. The summed E-state index contributed by atoms with van der Waals surface area (Å²) in [6.45, 7) is 4.30. The van der Waals surface area contributed by atoms with Crippen LogP contribution in [0, 0.1) is 17.8 Å². The number of hydrogen-bond acceptors (Lipinski definition) is 6. The fraction of sp³-hybridized carbons (Fsp3) is 0.455. The van der Waals surface area contributed by atoms with Crippen LogP contribution in [0.5, 0.6) is 5.75 Å². The Morgan fingerprint density at radius 2 is 1.94 bits per heavy atom. The van der Waals surface area contributed by atoms with E-state index in [9.17, 15) is 32.7 Å². The number of nitrogens with zero attached hydrogens (tertiary/aromatic N) is 2. The number of esters is 1. The van der Waals surface area contributed by atoms with Gasteiger partial charge in [-0.25, -0.2) is 4.98 Å². The Labute approximate surface area is 186 Å². The summed E-state index contributed by atoms with van der Waals surface area (Å²) in [4.78, 5) is 40.6. The maximum atomic E-state index is 13.6. The Balaban J connectivity index is 2.07. The van der Waals surface area contributed by atoms with Crippen molar-refractivity contribution in [2.45, 2.75) is 45.4 Å². The van der Waals surface area contributed by atoms with E-state index in [1.807, 2.05) is 0 Å². The quantitative estimate of drug-likeness (QED) is 0.532. The van der Waals surface area contributed by atoms with Crippen LogP contribution < -0.4 is 10.9 Å². The number of halogens is 3. The fourth-order valence-electron chi connectivity index (χ4n) is 2.98. The molecule has 2 aromatic rings. The predicted molar refractivity (Wildman–Crippen MR) is 111 cm³/mol. The van der Waals surface area contributed by atoms with Gasteiger partial charge in [0.1, 0.15) is 29.1 Å². The van der Waals surface area contributed by atoms with Crippen molar-refractivity contribution >= 4 is 22.9 Å². The second-order valence-electron chi connectivity index (χ2n) is 8.65. The summed E-state index contributed by atoms with van der Waals surface area (Å²) in [7, 11) is 1.12. The molecule has 176 valence electrons. The average molecular weight is 465 g/mol. The van der Waals surface area contributed by atoms with E-state index in [1.54, 1.807) is 20.8 Å². The molecule has 1 fully saturated rings. The molecule has 0 aromatic carbocycles. The molecule has 8 nitrogen and oxygen atoms in total. The molecule has 1 aliphatic rings. The molecule has 1 saturated carbocycles. The molecule has 1 amide bonds. The Kier molecular flexibility index (Phi) is 6.15. The SMILES string of the molecule is Cn1c(=O)c(C(=O)NCC(=O)OC(C)(C)C)c(O)c2cc(C#CC3CC3)c(C(F)(F)F)nc21. The van der Waals surface area contributed by atoms with Crippen LogP contribution >= 0.6 is 0 Å². The highest BCUT2D eigenvalue weighted by Gasteiger charge is 2.37. The van der Waals surface area contributed by atoms with Gasteiger partial charge in [0.2, 0.25) is 0 Å². The van der Waals surface area contributed by atoms with Crippen LogP contribution in [-0.2, 0) is 22.8 Å². The molecular formula is C22H22F3N3O5. The van der Waals surface area contributed by atoms with Gasteiger partial charge >= 0.3 is 12.1 Å². The van der Waals surface area contributed by atoms with E-state index in [0.717, 1.165) is 30.5 Å². The second kappa shape index (κ2) is 8.42. The number of aryl methyl sites for hydroxylation is 1. The summed E-state index contributed by atoms with van der Waals surface area (Å²) in [6.07, 6.45) is -3.27. The van der Waals surface area contributed by atoms with Crippen molar-refractivity contribution in [1.29, 1.82) is 0 Å². The van der Waals surface area contributed by atoms with E-state index in [0.29, 0.717) is 0 Å². The predicted octanol–water partition coefficient (Wildman–Crippen LogP) is 2.49. The molecular weight excluding hydrogens is 443 g/mol. The van der Waals surface area contributed by atoms with Crippen LogP contribution in [0.15, 0.2) is 10.9 Å². The first kappa shape index (κ1) is 24.1. The number of ether oxygens (including phenoxy) is 1. The van der Waals surface area contributed by atoms with Gasteiger partial charge < -0.3 is 15.2 Å². The van der Waals surface area contributed by atoms with Crippen molar-refractivity contribution in [3.05, 3.63) is 33.2 Å². The number of aromatic nitrogens is 2. The first-order chi connectivity index (χ1) is 15.2. The number of pyridine rings is 2. The number of carbonyl (C=O) groups is 2. The second-order valence-corrected chi connectivity index (χ2v) is 8.65. The molecule has 1 aliphatic carbocycles. The zero-order chi connectivity index (χ0) is 24.7. The lowest BCUT2D eigenvalue weighted by Gasteiger charge is -2.19. The minimum absolute atomic E-state index is 0.00435. The molecule has 0 bridgehead atoms. The molecule has 0 unspecified atom stereocenters. The van der Waals surface area contributed by atoms with E-state index in [-0.39, 0.29) is 11.3 Å². The minimum Gasteiger partial charge on any atom is -0.506 e. The molecule has 0 spiro atoms. The summed E-state index contributed by atoms with van der Waals surface area (Å²) < 4.78 is 46.5. The lowest BCUT2D eigenvalue weighted by atomic mass is 10.1. The largest absolute Gasteiger partial charge is 0.506 e. The lowest BCUT2D eigenvalue weighted by molar-refractivity contribution is -0.153. The van der Waals surface area contributed by atoms with Crippen molar-refractivity contribution in [1.82, 2.24) is 14.9 Å². The average Bonchev–Trinajstić information content (AvgIpc) is 3.51. The zero-order valence-electron chi connectivity index (χ0n) is 18.4. The van der Waals surface area contributed by atoms with Gasteiger partial charge in [0, 0.05) is 13.0 Å². The number of carbonyl (C=O) groups excluding carboxylic acids is 2. The molecule has 11 heteroatoms. The minimum atomic E-state index is -4.85. The van der Waals surface area contributed by atoms with Crippen LogP contribution in [-0.4, -0.2) is 38.7 Å². The van der Waals surface area contributed by atoms with E-state index in [2.05, 4.69) is 22.1 Å². The van der Waals surface area contributed by atoms with Crippen molar-refractivity contribution in [2.24, 2.45) is 13.0 Å². The van der Waals surface area contributed by atoms with Crippen LogP contribution in [0.2, 0.25) is 0 Å². The van der Waals surface area contributed by atoms with Crippen LogP contribution in [0.3, 0.4) is 0 Å². The summed E-state index contributed by atoms with van der Waals surface area (Å²) in [6, 6.07) is 0.958. The molecule has 0 radical (unpaired) electrons. The molecule has 2 heterocycles. The highest BCUT2D eigenvalue weighted by Crippen LogP contribution is 2.35. The first-order valence-electron chi connectivity index (χ1n) is 10.0. The van der Waals surface area contributed by atoms with Gasteiger partial charge in [-0.1, -0.05) is 11.8 Å². The van der Waals surface area contributed by atoms with Crippen molar-refractivity contribution in [3.63, 3.8) is 0 Å². The van der Waals surface area contributed by atoms with Gasteiger partial charge in [0.25, 0.3) is 11.5 Å². The topological polar surface area (TPSA) is 111 Å². The van der Waals surface area contributed by atoms with Crippen molar-refractivity contribution < 1.29 is 32.6 Å². The zero-order valence-corrected chi connectivity index (χ0v) is 18.4. The van der Waals surface area contributed by atoms with E-state index < -0.39 is 64.0 Å². The lowest BCUT2D eigenvalue weighted by Crippen LogP contribution is -2.38. The third-order valence-electron chi connectivity index (χ3n) is 4.63. The highest BCUT2D eigenvalue weighted by atomic mass is 19.4. The Morgan fingerprint density at radius 1 is 1.30 bits per heavy atom. The number of amides is 1. The number of nitrogens with one attached hydrogen (secondary N) is 1. The normalized spacial score (nSPS) is 13.9. The van der Waals surface area contributed by atoms with E-state index >= 15 is 0 Å². The van der Waals surface area contributed by atoms with Crippen LogP contribution in [0.1, 0.15) is 55.2 Å². The van der Waals surface area contributed by atoms with Crippen LogP contribution in [0.25, 0.3) is 11.0 Å². The summed E-state index contributed by atoms with van der Waals surface area (Å²) in [5.74, 6) is 2.45. The van der Waals surface area contributed by atoms with Crippen molar-refractivity contribution in [2.75, 3.05) is 6.54 Å². The summed E-state index contributed by atoms with van der Waals surface area (Å²) in [5, 5.41) is 12.5. The van der Waals surface area contributed by atoms with E-state index in [1.165, 1.54) is 0 Å². The first-order valence-corrected chi connectivity index (χ1v) is 10.0. The smallest absolute Gasteiger partial charge is 0.434 e. The van der Waals surface area contributed by atoms with Gasteiger partial charge in [-0.15, -0.1) is 0 Å². The Bertz CT molecular complexity index is 1260.